The summed E-state index contributed by atoms with van der Waals surface area (Å²) in [5.41, 5.74) is 0.575. The molecule has 182 valence electrons. The molecular weight excluding hydrogens is 509 g/mol. The van der Waals surface area contributed by atoms with Crippen molar-refractivity contribution in [2.45, 2.75) is 12.0 Å². The summed E-state index contributed by atoms with van der Waals surface area (Å²) in [6.45, 7) is -0.106. The number of anilines is 1. The summed E-state index contributed by atoms with van der Waals surface area (Å²) in [5, 5.41) is 41.5. The minimum atomic E-state index is -1.31. The SMILES string of the molecule is O=C(CNC(=O)c1cc(NC2=NCC(O)CN2)cs1)NC[C@@H](C(=O)O)c1cc(Cl)cc(Cl)c1O. The van der Waals surface area contributed by atoms with Crippen molar-refractivity contribution < 1.29 is 29.7 Å². The Kier molecular flexibility index (Phi) is 8.56. The summed E-state index contributed by atoms with van der Waals surface area (Å²) in [5.74, 6) is -3.68. The number of hydrogen-bond acceptors (Lipinski definition) is 9. The van der Waals surface area contributed by atoms with Crippen molar-refractivity contribution in [3.05, 3.63) is 44.1 Å². The fourth-order valence-corrected chi connectivity index (χ4v) is 4.25. The van der Waals surface area contributed by atoms with Crippen LogP contribution >= 0.6 is 34.5 Å². The molecule has 1 aromatic carbocycles. The predicted octanol–water partition coefficient (Wildman–Crippen LogP) is 1.21. The number of aliphatic carboxylic acids is 1. The van der Waals surface area contributed by atoms with Gasteiger partial charge in [-0.3, -0.25) is 19.4 Å². The number of amides is 2. The van der Waals surface area contributed by atoms with E-state index in [9.17, 15) is 29.7 Å². The van der Waals surface area contributed by atoms with E-state index in [2.05, 4.69) is 26.3 Å². The van der Waals surface area contributed by atoms with Crippen LogP contribution in [0.4, 0.5) is 5.69 Å². The quantitative estimate of drug-likeness (QED) is 0.267. The Morgan fingerprint density at radius 2 is 2.00 bits per heavy atom. The number of rotatable bonds is 8. The van der Waals surface area contributed by atoms with Crippen molar-refractivity contribution in [1.82, 2.24) is 16.0 Å². The number of guanidine groups is 1. The van der Waals surface area contributed by atoms with E-state index in [1.165, 1.54) is 12.1 Å². The summed E-state index contributed by atoms with van der Waals surface area (Å²) in [6.07, 6.45) is -0.541. The number of aliphatic imine (C=N–C) groups is 1. The van der Waals surface area contributed by atoms with Gasteiger partial charge in [0.15, 0.2) is 5.96 Å². The number of aromatic hydroxyl groups is 1. The Morgan fingerprint density at radius 3 is 2.68 bits per heavy atom. The number of phenolic OH excluding ortho intramolecular Hbond substituents is 1. The van der Waals surface area contributed by atoms with E-state index in [1.54, 1.807) is 11.4 Å². The summed E-state index contributed by atoms with van der Waals surface area (Å²) >= 11 is 12.9. The summed E-state index contributed by atoms with van der Waals surface area (Å²) in [4.78, 5) is 40.6. The number of carboxylic acids is 1. The van der Waals surface area contributed by atoms with Crippen LogP contribution in [0.25, 0.3) is 0 Å². The van der Waals surface area contributed by atoms with E-state index in [4.69, 9.17) is 23.2 Å². The second-order valence-electron chi connectivity index (χ2n) is 7.25. The molecule has 0 radical (unpaired) electrons. The average molecular weight is 530 g/mol. The van der Waals surface area contributed by atoms with Gasteiger partial charge in [-0.1, -0.05) is 23.2 Å². The second-order valence-corrected chi connectivity index (χ2v) is 9.01. The van der Waals surface area contributed by atoms with Gasteiger partial charge in [0, 0.05) is 29.1 Å². The lowest BCUT2D eigenvalue weighted by Gasteiger charge is -2.19. The highest BCUT2D eigenvalue weighted by atomic mass is 35.5. The third-order valence-electron chi connectivity index (χ3n) is 4.70. The van der Waals surface area contributed by atoms with Gasteiger partial charge in [0.1, 0.15) is 11.7 Å². The monoisotopic (exact) mass is 529 g/mol. The van der Waals surface area contributed by atoms with E-state index >= 15 is 0 Å². The van der Waals surface area contributed by atoms with Crippen LogP contribution in [0.1, 0.15) is 21.2 Å². The van der Waals surface area contributed by atoms with Gasteiger partial charge < -0.3 is 36.6 Å². The summed E-state index contributed by atoms with van der Waals surface area (Å²) < 4.78 is 0. The molecule has 1 unspecified atom stereocenters. The number of halogens is 2. The van der Waals surface area contributed by atoms with E-state index in [1.807, 2.05) is 0 Å². The van der Waals surface area contributed by atoms with Crippen LogP contribution in [0.3, 0.4) is 0 Å². The van der Waals surface area contributed by atoms with Crippen molar-refractivity contribution in [2.24, 2.45) is 4.99 Å². The first-order valence-corrected chi connectivity index (χ1v) is 11.5. The fourth-order valence-electron chi connectivity index (χ4n) is 2.98. The highest BCUT2D eigenvalue weighted by molar-refractivity contribution is 7.12. The van der Waals surface area contributed by atoms with Gasteiger partial charge in [0.25, 0.3) is 5.91 Å². The lowest BCUT2D eigenvalue weighted by molar-refractivity contribution is -0.138. The van der Waals surface area contributed by atoms with Crippen LogP contribution in [0, 0.1) is 0 Å². The van der Waals surface area contributed by atoms with Gasteiger partial charge in [-0.05, 0) is 18.2 Å². The first kappa shape index (κ1) is 25.6. The zero-order chi connectivity index (χ0) is 24.8. The van der Waals surface area contributed by atoms with Crippen molar-refractivity contribution >= 4 is 64.0 Å². The molecule has 3 rings (SSSR count). The smallest absolute Gasteiger partial charge is 0.312 e. The normalized spacial score (nSPS) is 16.1. The van der Waals surface area contributed by atoms with E-state index < -0.39 is 35.6 Å². The predicted molar refractivity (Wildman–Crippen MR) is 128 cm³/mol. The number of benzene rings is 1. The van der Waals surface area contributed by atoms with Gasteiger partial charge in [-0.2, -0.15) is 0 Å². The Morgan fingerprint density at radius 1 is 1.24 bits per heavy atom. The fraction of sp³-hybridized carbons (Fsp3) is 0.300. The number of carbonyl (C=O) groups is 3. The van der Waals surface area contributed by atoms with Gasteiger partial charge in [-0.25, -0.2) is 0 Å². The summed E-state index contributed by atoms with van der Waals surface area (Å²) in [7, 11) is 0. The maximum Gasteiger partial charge on any atom is 0.312 e. The number of nitrogens with zero attached hydrogens (tertiary/aromatic N) is 1. The number of phenols is 1. The number of hydrogen-bond donors (Lipinski definition) is 7. The molecule has 0 bridgehead atoms. The topological polar surface area (TPSA) is 172 Å². The second kappa shape index (κ2) is 11.4. The molecule has 2 heterocycles. The lowest BCUT2D eigenvalue weighted by Crippen LogP contribution is -2.42. The van der Waals surface area contributed by atoms with Crippen LogP contribution in [-0.4, -0.2) is 71.3 Å². The minimum absolute atomic E-state index is 0.0421. The average Bonchev–Trinajstić information content (AvgIpc) is 3.25. The maximum absolute atomic E-state index is 12.3. The molecular formula is C20H21Cl2N5O6S. The van der Waals surface area contributed by atoms with Gasteiger partial charge in [-0.15, -0.1) is 11.3 Å². The van der Waals surface area contributed by atoms with E-state index in [0.717, 1.165) is 11.3 Å². The molecule has 0 spiro atoms. The molecule has 7 N–H and O–H groups in total. The van der Waals surface area contributed by atoms with Gasteiger partial charge >= 0.3 is 5.97 Å². The van der Waals surface area contributed by atoms with Crippen molar-refractivity contribution in [3.63, 3.8) is 0 Å². The van der Waals surface area contributed by atoms with Crippen LogP contribution < -0.4 is 21.3 Å². The number of aliphatic hydroxyl groups excluding tert-OH is 1. The Labute approximate surface area is 207 Å². The molecule has 34 heavy (non-hydrogen) atoms. The van der Waals surface area contributed by atoms with Crippen molar-refractivity contribution in [2.75, 3.05) is 31.5 Å². The zero-order valence-corrected chi connectivity index (χ0v) is 19.8. The molecule has 0 saturated heterocycles. The number of carbonyl (C=O) groups excluding carboxylic acids is 2. The molecule has 1 aliphatic heterocycles. The molecule has 2 atom stereocenters. The Balaban J connectivity index is 1.51. The van der Waals surface area contributed by atoms with E-state index in [-0.39, 0.29) is 35.2 Å². The van der Waals surface area contributed by atoms with Gasteiger partial charge in [0.05, 0.1) is 34.8 Å². The number of thiophene rings is 1. The molecule has 0 saturated carbocycles. The highest BCUT2D eigenvalue weighted by Gasteiger charge is 2.25. The third-order valence-corrected chi connectivity index (χ3v) is 6.13. The van der Waals surface area contributed by atoms with Crippen LogP contribution in [0.15, 0.2) is 28.6 Å². The van der Waals surface area contributed by atoms with Crippen molar-refractivity contribution in [1.29, 1.82) is 0 Å². The summed E-state index contributed by atoms with van der Waals surface area (Å²) in [6, 6.07) is 4.11. The number of aliphatic hydroxyl groups is 1. The molecule has 11 nitrogen and oxygen atoms in total. The minimum Gasteiger partial charge on any atom is -0.506 e. The van der Waals surface area contributed by atoms with Crippen molar-refractivity contribution in [3.8, 4) is 5.75 Å². The van der Waals surface area contributed by atoms with Crippen LogP contribution in [0.5, 0.6) is 5.75 Å². The number of carboxylic acid groups (broad SMARTS) is 1. The molecule has 2 aromatic rings. The molecule has 0 fully saturated rings. The lowest BCUT2D eigenvalue weighted by atomic mass is 9.98. The Hall–Kier alpha value is -3.06. The first-order valence-electron chi connectivity index (χ1n) is 9.91. The number of nitrogens with one attached hydrogen (secondary N) is 4. The molecule has 0 aliphatic carbocycles. The number of β-amino-alcohol motifs (C(OH)–C–C–N with tert-alkyl or cyclic N) is 1. The zero-order valence-electron chi connectivity index (χ0n) is 17.5. The maximum atomic E-state index is 12.3. The first-order chi connectivity index (χ1) is 16.1. The molecule has 14 heteroatoms. The molecule has 1 aliphatic rings. The standard InChI is InChI=1S/C20H21Cl2N5O6S/c21-9-1-12(17(30)14(22)2-9)13(19(32)33)6-23-16(29)7-24-18(31)15-3-10(8-34-15)27-20-25-4-11(28)5-26-20/h1-3,8,11,13,28,30H,4-7H2,(H,23,29)(H,24,31)(H,32,33)(H2,25,26,27)/t13-/m1/s1. The van der Waals surface area contributed by atoms with E-state index in [0.29, 0.717) is 23.1 Å². The molecule has 2 amide bonds. The third kappa shape index (κ3) is 6.73. The largest absolute Gasteiger partial charge is 0.506 e. The Bertz CT molecular complexity index is 1120. The van der Waals surface area contributed by atoms with Gasteiger partial charge in [0.2, 0.25) is 5.91 Å². The van der Waals surface area contributed by atoms with Crippen LogP contribution in [0.2, 0.25) is 10.0 Å². The highest BCUT2D eigenvalue weighted by Crippen LogP contribution is 2.35. The molecule has 1 aromatic heterocycles. The van der Waals surface area contributed by atoms with Crippen LogP contribution in [-0.2, 0) is 9.59 Å².